The predicted octanol–water partition coefficient (Wildman–Crippen LogP) is 3.75. The van der Waals surface area contributed by atoms with Crippen molar-refractivity contribution in [3.05, 3.63) is 72.3 Å². The van der Waals surface area contributed by atoms with Crippen molar-refractivity contribution < 1.29 is 43.1 Å². The van der Waals surface area contributed by atoms with E-state index >= 15 is 0 Å². The number of fused-ring (bicyclic) bond motifs is 1. The lowest BCUT2D eigenvalue weighted by molar-refractivity contribution is -0.312. The van der Waals surface area contributed by atoms with Crippen LogP contribution in [0.15, 0.2) is 72.3 Å². The molecule has 262 valence electrons. The number of ether oxygens (including phenoxy) is 6. The average molecular weight is 681 g/mol. The molecule has 8 atom stereocenters. The van der Waals surface area contributed by atoms with E-state index in [0.717, 1.165) is 18.4 Å². The number of epoxide rings is 1. The maximum absolute atomic E-state index is 12.0. The summed E-state index contributed by atoms with van der Waals surface area (Å²) in [6.07, 6.45) is 3.61. The third-order valence-corrected chi connectivity index (χ3v) is 16.8. The van der Waals surface area contributed by atoms with Gasteiger partial charge in [-0.1, -0.05) is 87.5 Å². The average Bonchev–Trinajstić information content (AvgIpc) is 3.74. The molecule has 0 aromatic heterocycles. The summed E-state index contributed by atoms with van der Waals surface area (Å²) < 4.78 is 43.6. The molecule has 4 fully saturated rings. The minimum atomic E-state index is -2.83. The minimum absolute atomic E-state index is 0.110. The number of methoxy groups -OCH3 is 1. The molecule has 10 heteroatoms. The quantitative estimate of drug-likeness (QED) is 0.0957. The van der Waals surface area contributed by atoms with E-state index in [9.17, 15) is 10.2 Å². The van der Waals surface area contributed by atoms with Crippen LogP contribution in [0.4, 0.5) is 0 Å². The molecule has 3 aliphatic heterocycles. The summed E-state index contributed by atoms with van der Waals surface area (Å²) in [4.78, 5) is 0. The number of aliphatic hydroxyl groups is 2. The first-order valence-corrected chi connectivity index (χ1v) is 19.5. The molecule has 5 bridgehead atoms. The Morgan fingerprint density at radius 3 is 2.25 bits per heavy atom. The lowest BCUT2D eigenvalue weighted by atomic mass is 9.61. The SMILES string of the molecule is COCCOCOCC[C@H]1C=C2[C@@]3(CCO[Si](c4ccccc4)(c4ccccc4)C(C)(C)C)CC4(CO)OC4[C@H]4[C@@H]1CCO[C@@]24OC3O. The van der Waals surface area contributed by atoms with Crippen LogP contribution in [0.2, 0.25) is 5.04 Å². The van der Waals surface area contributed by atoms with Crippen LogP contribution in [0.1, 0.15) is 46.5 Å². The summed E-state index contributed by atoms with van der Waals surface area (Å²) in [5.74, 6) is -0.796. The fraction of sp³-hybridized carbons (Fsp3) is 0.632. The highest BCUT2D eigenvalue weighted by atomic mass is 28.4. The van der Waals surface area contributed by atoms with Gasteiger partial charge in [0.25, 0.3) is 8.32 Å². The normalized spacial score (nSPS) is 35.1. The van der Waals surface area contributed by atoms with Crippen LogP contribution in [-0.4, -0.2) is 95.9 Å². The highest BCUT2D eigenvalue weighted by molar-refractivity contribution is 6.99. The number of hydrogen-bond acceptors (Lipinski definition) is 9. The zero-order valence-electron chi connectivity index (χ0n) is 28.8. The van der Waals surface area contributed by atoms with E-state index in [1.54, 1.807) is 7.11 Å². The molecule has 2 N–H and O–H groups in total. The Hall–Kier alpha value is -1.96. The van der Waals surface area contributed by atoms with Gasteiger partial charge in [-0.05, 0) is 58.5 Å². The van der Waals surface area contributed by atoms with Crippen LogP contribution in [0.5, 0.6) is 0 Å². The van der Waals surface area contributed by atoms with Crippen molar-refractivity contribution in [3.8, 4) is 0 Å². The van der Waals surface area contributed by atoms with Crippen molar-refractivity contribution in [2.45, 2.75) is 75.3 Å². The second-order valence-corrected chi connectivity index (χ2v) is 19.6. The first kappa shape index (κ1) is 34.5. The molecular formula is C38H52O9Si. The second kappa shape index (κ2) is 13.3. The largest absolute Gasteiger partial charge is 0.407 e. The topological polar surface area (TPSA) is 108 Å². The molecule has 0 radical (unpaired) electrons. The number of hydrogen-bond donors (Lipinski definition) is 2. The molecule has 3 saturated heterocycles. The Bertz CT molecular complexity index is 1390. The van der Waals surface area contributed by atoms with Crippen LogP contribution in [-0.2, 0) is 32.8 Å². The molecule has 3 heterocycles. The molecule has 9 nitrogen and oxygen atoms in total. The third-order valence-electron chi connectivity index (χ3n) is 11.8. The van der Waals surface area contributed by atoms with E-state index in [4.69, 9.17) is 32.8 Å². The minimum Gasteiger partial charge on any atom is -0.407 e. The van der Waals surface area contributed by atoms with Crippen LogP contribution in [0, 0.1) is 23.2 Å². The van der Waals surface area contributed by atoms with Gasteiger partial charge >= 0.3 is 0 Å². The van der Waals surface area contributed by atoms with E-state index < -0.39 is 31.4 Å². The van der Waals surface area contributed by atoms with Crippen molar-refractivity contribution in [2.75, 3.05) is 53.5 Å². The lowest BCUT2D eigenvalue weighted by Crippen LogP contribution is -2.66. The molecular weight excluding hydrogens is 628 g/mol. The first-order chi connectivity index (χ1) is 23.2. The van der Waals surface area contributed by atoms with Crippen molar-refractivity contribution in [1.29, 1.82) is 0 Å². The molecule has 2 aliphatic carbocycles. The Kier molecular flexibility index (Phi) is 9.55. The van der Waals surface area contributed by atoms with Crippen LogP contribution < -0.4 is 10.4 Å². The molecule has 48 heavy (non-hydrogen) atoms. The Balaban J connectivity index is 1.22. The monoisotopic (exact) mass is 680 g/mol. The van der Waals surface area contributed by atoms with Crippen LogP contribution in [0.25, 0.3) is 0 Å². The van der Waals surface area contributed by atoms with E-state index in [-0.39, 0.29) is 42.3 Å². The Morgan fingerprint density at radius 2 is 1.60 bits per heavy atom. The summed E-state index contributed by atoms with van der Waals surface area (Å²) >= 11 is 0. The summed E-state index contributed by atoms with van der Waals surface area (Å²) in [5.41, 5.74) is -0.588. The molecule has 2 aromatic rings. The van der Waals surface area contributed by atoms with Crippen molar-refractivity contribution in [3.63, 3.8) is 0 Å². The van der Waals surface area contributed by atoms with Gasteiger partial charge in [0.15, 0.2) is 12.1 Å². The van der Waals surface area contributed by atoms with Gasteiger partial charge in [-0.15, -0.1) is 0 Å². The van der Waals surface area contributed by atoms with Gasteiger partial charge in [0.05, 0.1) is 50.5 Å². The number of allylic oxidation sites excluding steroid dienone is 1. The predicted molar refractivity (Wildman–Crippen MR) is 182 cm³/mol. The molecule has 5 aliphatic rings. The zero-order valence-corrected chi connectivity index (χ0v) is 29.8. The fourth-order valence-electron chi connectivity index (χ4n) is 9.61. The highest BCUT2D eigenvalue weighted by Crippen LogP contribution is 2.72. The molecule has 0 amide bonds. The standard InChI is InChI=1S/C38H52O9Si/c1-35(2,3)48(28-11-7-5-8-12-28,29-13-9-6-10-14-29)45-20-17-36-24-37(25-39)33(46-37)32-30-16-19-44-38(32,47-34(36)40)31(36)23-27(30)15-18-42-26-43-22-21-41-4/h5-14,23,27,30,32-34,39-40H,15-22,24-26H2,1-4H3/t27-,30+,32+,33?,34?,36+,37?,38+/m0/s1. The van der Waals surface area contributed by atoms with E-state index in [2.05, 4.69) is 75.4 Å². The van der Waals surface area contributed by atoms with Crippen molar-refractivity contribution >= 4 is 18.7 Å². The van der Waals surface area contributed by atoms with E-state index in [0.29, 0.717) is 45.9 Å². The van der Waals surface area contributed by atoms with E-state index in [1.807, 2.05) is 12.1 Å². The zero-order chi connectivity index (χ0) is 33.6. The molecule has 1 saturated carbocycles. The third kappa shape index (κ3) is 5.48. The molecule has 2 aromatic carbocycles. The summed E-state index contributed by atoms with van der Waals surface area (Å²) in [5, 5.41) is 25.1. The summed E-state index contributed by atoms with van der Waals surface area (Å²) in [7, 11) is -1.18. The van der Waals surface area contributed by atoms with Gasteiger partial charge in [-0.2, -0.15) is 0 Å². The molecule has 1 spiro atoms. The Morgan fingerprint density at radius 1 is 0.917 bits per heavy atom. The van der Waals surface area contributed by atoms with Gasteiger partial charge in [0.2, 0.25) is 0 Å². The lowest BCUT2D eigenvalue weighted by Gasteiger charge is -2.51. The van der Waals surface area contributed by atoms with Gasteiger partial charge in [-0.25, -0.2) is 0 Å². The maximum atomic E-state index is 12.0. The Labute approximate surface area is 285 Å². The van der Waals surface area contributed by atoms with Crippen molar-refractivity contribution in [2.24, 2.45) is 23.2 Å². The second-order valence-electron chi connectivity index (χ2n) is 15.3. The maximum Gasteiger partial charge on any atom is 0.261 e. The van der Waals surface area contributed by atoms with Crippen molar-refractivity contribution in [1.82, 2.24) is 0 Å². The van der Waals surface area contributed by atoms with Gasteiger partial charge in [0.1, 0.15) is 12.4 Å². The highest BCUT2D eigenvalue weighted by Gasteiger charge is 2.80. The van der Waals surface area contributed by atoms with Gasteiger partial charge in [-0.3, -0.25) is 0 Å². The number of aliphatic hydroxyl groups excluding tert-OH is 2. The van der Waals surface area contributed by atoms with Gasteiger partial charge in [0, 0.05) is 13.7 Å². The van der Waals surface area contributed by atoms with Crippen LogP contribution >= 0.6 is 0 Å². The first-order valence-electron chi connectivity index (χ1n) is 17.6. The fourth-order valence-corrected chi connectivity index (χ4v) is 14.2. The van der Waals surface area contributed by atoms with Crippen LogP contribution in [0.3, 0.4) is 0 Å². The van der Waals surface area contributed by atoms with Gasteiger partial charge < -0.3 is 43.1 Å². The summed E-state index contributed by atoms with van der Waals surface area (Å²) in [6, 6.07) is 21.2. The number of rotatable bonds is 15. The molecule has 3 unspecified atom stereocenters. The van der Waals surface area contributed by atoms with E-state index in [1.165, 1.54) is 10.4 Å². The smallest absolute Gasteiger partial charge is 0.261 e. The summed E-state index contributed by atoms with van der Waals surface area (Å²) in [6.45, 7) is 9.43. The number of benzene rings is 2. The molecule has 7 rings (SSSR count).